The molecule has 0 aliphatic rings. The topological polar surface area (TPSA) is 47.6 Å². The van der Waals surface area contributed by atoms with Crippen LogP contribution in [0.25, 0.3) is 0 Å². The van der Waals surface area contributed by atoms with Crippen LogP contribution in [0.3, 0.4) is 0 Å². The van der Waals surface area contributed by atoms with Gasteiger partial charge < -0.3 is 0 Å². The van der Waals surface area contributed by atoms with Crippen LogP contribution in [0.1, 0.15) is 90.1 Å². The lowest BCUT2D eigenvalue weighted by atomic mass is 9.66. The maximum Gasteiger partial charge on any atom is 0.101 e. The Morgan fingerprint density at radius 2 is 1.14 bits per heavy atom. The van der Waals surface area contributed by atoms with Crippen LogP contribution in [0.4, 0.5) is 0 Å². The fourth-order valence-corrected chi connectivity index (χ4v) is 3.01. The molecule has 0 saturated carbocycles. The van der Waals surface area contributed by atoms with Crippen LogP contribution >= 0.6 is 0 Å². The van der Waals surface area contributed by atoms with E-state index in [2.05, 4.69) is 74.5 Å². The highest BCUT2D eigenvalue weighted by atomic mass is 14.4. The standard InChI is InChI=1S/C20H28N2/c1-18(2,3)15-10-13(11-21)14(12-22)16(19(4,5)6)17(15)20(7,8)9/h10H,1-9H3. The van der Waals surface area contributed by atoms with Gasteiger partial charge in [-0.1, -0.05) is 62.3 Å². The Labute approximate surface area is 135 Å². The molecule has 0 bridgehead atoms. The highest BCUT2D eigenvalue weighted by Crippen LogP contribution is 2.43. The molecule has 0 heterocycles. The molecule has 0 spiro atoms. The van der Waals surface area contributed by atoms with Gasteiger partial charge in [0.05, 0.1) is 11.1 Å². The molecule has 0 unspecified atom stereocenters. The van der Waals surface area contributed by atoms with Crippen molar-refractivity contribution in [1.29, 1.82) is 10.5 Å². The maximum absolute atomic E-state index is 9.68. The largest absolute Gasteiger partial charge is 0.192 e. The Bertz CT molecular complexity index is 661. The average Bonchev–Trinajstić information content (AvgIpc) is 2.32. The van der Waals surface area contributed by atoms with Crippen LogP contribution in [0.2, 0.25) is 0 Å². The number of benzene rings is 1. The normalized spacial score (nSPS) is 12.7. The molecule has 2 nitrogen and oxygen atoms in total. The van der Waals surface area contributed by atoms with Gasteiger partial charge >= 0.3 is 0 Å². The maximum atomic E-state index is 9.68. The summed E-state index contributed by atoms with van der Waals surface area (Å²) in [6.45, 7) is 19.4. The van der Waals surface area contributed by atoms with Gasteiger partial charge in [0.15, 0.2) is 0 Å². The summed E-state index contributed by atoms with van der Waals surface area (Å²) in [5, 5.41) is 19.2. The molecular weight excluding hydrogens is 268 g/mol. The van der Waals surface area contributed by atoms with E-state index in [1.807, 2.05) is 6.07 Å². The second kappa shape index (κ2) is 5.44. The predicted octanol–water partition coefficient (Wildman–Crippen LogP) is 5.32. The molecule has 1 aromatic carbocycles. The highest BCUT2D eigenvalue weighted by molar-refractivity contribution is 5.61. The lowest BCUT2D eigenvalue weighted by molar-refractivity contribution is 0.496. The van der Waals surface area contributed by atoms with Crippen LogP contribution in [-0.4, -0.2) is 0 Å². The minimum absolute atomic E-state index is 0.0812. The SMILES string of the molecule is CC(C)(C)c1cc(C#N)c(C#N)c(C(C)(C)C)c1C(C)(C)C. The zero-order chi connectivity index (χ0) is 17.5. The van der Waals surface area contributed by atoms with E-state index in [0.717, 1.165) is 5.56 Å². The summed E-state index contributed by atoms with van der Waals surface area (Å²) in [5.41, 5.74) is 4.06. The molecule has 118 valence electrons. The first kappa shape index (κ1) is 18.2. The lowest BCUT2D eigenvalue weighted by Crippen LogP contribution is -2.29. The monoisotopic (exact) mass is 296 g/mol. The molecule has 0 amide bonds. The lowest BCUT2D eigenvalue weighted by Gasteiger charge is -2.37. The molecule has 22 heavy (non-hydrogen) atoms. The summed E-state index contributed by atoms with van der Waals surface area (Å²) < 4.78 is 0. The number of rotatable bonds is 0. The van der Waals surface area contributed by atoms with Crippen molar-refractivity contribution in [2.24, 2.45) is 0 Å². The zero-order valence-electron chi connectivity index (χ0n) is 15.5. The molecule has 0 aliphatic carbocycles. The third-order valence-electron chi connectivity index (χ3n) is 3.87. The van der Waals surface area contributed by atoms with Crippen molar-refractivity contribution in [3.63, 3.8) is 0 Å². The van der Waals surface area contributed by atoms with Crippen LogP contribution in [0.15, 0.2) is 6.07 Å². The van der Waals surface area contributed by atoms with Gasteiger partial charge in [-0.3, -0.25) is 0 Å². The van der Waals surface area contributed by atoms with Gasteiger partial charge in [-0.25, -0.2) is 0 Å². The first-order chi connectivity index (χ1) is 9.75. The molecule has 0 atom stereocenters. The molecule has 2 heteroatoms. The average molecular weight is 296 g/mol. The Kier molecular flexibility index (Phi) is 4.51. The van der Waals surface area contributed by atoms with Crippen LogP contribution in [0, 0.1) is 22.7 Å². The number of hydrogen-bond donors (Lipinski definition) is 0. The summed E-state index contributed by atoms with van der Waals surface area (Å²) in [5.74, 6) is 0. The van der Waals surface area contributed by atoms with Crippen molar-refractivity contribution in [1.82, 2.24) is 0 Å². The van der Waals surface area contributed by atoms with E-state index >= 15 is 0 Å². The summed E-state index contributed by atoms with van der Waals surface area (Å²) in [7, 11) is 0. The third-order valence-corrected chi connectivity index (χ3v) is 3.87. The summed E-state index contributed by atoms with van der Waals surface area (Å²) in [4.78, 5) is 0. The first-order valence-corrected chi connectivity index (χ1v) is 7.77. The van der Waals surface area contributed by atoms with Gasteiger partial charge in [0.2, 0.25) is 0 Å². The van der Waals surface area contributed by atoms with Gasteiger partial charge in [0.1, 0.15) is 12.1 Å². The van der Waals surface area contributed by atoms with E-state index in [0.29, 0.717) is 11.1 Å². The zero-order valence-corrected chi connectivity index (χ0v) is 15.5. The summed E-state index contributed by atoms with van der Waals surface area (Å²) in [6, 6.07) is 6.44. The Morgan fingerprint density at radius 1 is 0.682 bits per heavy atom. The van der Waals surface area contributed by atoms with E-state index in [-0.39, 0.29) is 16.2 Å². The van der Waals surface area contributed by atoms with Gasteiger partial charge in [-0.15, -0.1) is 0 Å². The van der Waals surface area contributed by atoms with Gasteiger partial charge in [0.25, 0.3) is 0 Å². The van der Waals surface area contributed by atoms with Crippen molar-refractivity contribution >= 4 is 0 Å². The Morgan fingerprint density at radius 3 is 1.41 bits per heavy atom. The second-order valence-electron chi connectivity index (χ2n) is 9.07. The van der Waals surface area contributed by atoms with Gasteiger partial charge in [-0.2, -0.15) is 10.5 Å². The van der Waals surface area contributed by atoms with Crippen LogP contribution < -0.4 is 0 Å². The molecule has 1 aromatic rings. The third kappa shape index (κ3) is 3.33. The molecule has 1 rings (SSSR count). The summed E-state index contributed by atoms with van der Waals surface area (Å²) >= 11 is 0. The second-order valence-corrected chi connectivity index (χ2v) is 9.07. The van der Waals surface area contributed by atoms with Crippen molar-refractivity contribution < 1.29 is 0 Å². The van der Waals surface area contributed by atoms with E-state index in [1.54, 1.807) is 0 Å². The fraction of sp³-hybridized carbons (Fsp3) is 0.600. The van der Waals surface area contributed by atoms with E-state index in [9.17, 15) is 10.5 Å². The first-order valence-electron chi connectivity index (χ1n) is 7.77. The smallest absolute Gasteiger partial charge is 0.101 e. The molecule has 0 saturated heterocycles. The molecule has 0 radical (unpaired) electrons. The van der Waals surface area contributed by atoms with Crippen molar-refractivity contribution in [3.05, 3.63) is 33.9 Å². The van der Waals surface area contributed by atoms with Gasteiger partial charge in [0, 0.05) is 0 Å². The Hall–Kier alpha value is -1.80. The van der Waals surface area contributed by atoms with E-state index in [4.69, 9.17) is 0 Å². The molecule has 0 aliphatic heterocycles. The number of nitriles is 2. The van der Waals surface area contributed by atoms with Gasteiger partial charge in [-0.05, 0) is 39.0 Å². The predicted molar refractivity (Wildman–Crippen MR) is 92.0 cm³/mol. The van der Waals surface area contributed by atoms with E-state index < -0.39 is 0 Å². The van der Waals surface area contributed by atoms with E-state index in [1.165, 1.54) is 11.1 Å². The minimum Gasteiger partial charge on any atom is -0.192 e. The minimum atomic E-state index is -0.194. The molecule has 0 aromatic heterocycles. The van der Waals surface area contributed by atoms with Crippen LogP contribution in [-0.2, 0) is 16.2 Å². The van der Waals surface area contributed by atoms with Crippen molar-refractivity contribution in [2.45, 2.75) is 78.6 Å². The van der Waals surface area contributed by atoms with Crippen molar-refractivity contribution in [3.8, 4) is 12.1 Å². The summed E-state index contributed by atoms with van der Waals surface area (Å²) in [6.07, 6.45) is 0. The van der Waals surface area contributed by atoms with Crippen LogP contribution in [0.5, 0.6) is 0 Å². The Balaban J connectivity index is 4.18. The fourth-order valence-electron chi connectivity index (χ4n) is 3.01. The molecule has 0 N–H and O–H groups in total. The quantitative estimate of drug-likeness (QED) is 0.650. The highest BCUT2D eigenvalue weighted by Gasteiger charge is 2.35. The number of hydrogen-bond acceptors (Lipinski definition) is 2. The molecular formula is C20H28N2. The molecule has 0 fully saturated rings. The number of nitrogens with zero attached hydrogens (tertiary/aromatic N) is 2. The van der Waals surface area contributed by atoms with Crippen molar-refractivity contribution in [2.75, 3.05) is 0 Å².